The van der Waals surface area contributed by atoms with E-state index in [2.05, 4.69) is 38.6 Å². The number of halogens is 1. The number of amidine groups is 1. The number of anilines is 1. The Morgan fingerprint density at radius 3 is 2.76 bits per heavy atom. The van der Waals surface area contributed by atoms with Crippen LogP contribution in [0.1, 0.15) is 51.2 Å². The summed E-state index contributed by atoms with van der Waals surface area (Å²) < 4.78 is 21.3. The van der Waals surface area contributed by atoms with Crippen LogP contribution in [-0.4, -0.2) is 61.3 Å². The van der Waals surface area contributed by atoms with Gasteiger partial charge in [-0.1, -0.05) is 20.3 Å². The van der Waals surface area contributed by atoms with Crippen LogP contribution in [0.2, 0.25) is 0 Å². The van der Waals surface area contributed by atoms with Gasteiger partial charge in [-0.15, -0.1) is 0 Å². The highest BCUT2D eigenvalue weighted by Crippen LogP contribution is 2.31. The number of pyridine rings is 2. The summed E-state index contributed by atoms with van der Waals surface area (Å²) >= 11 is 1.17. The monoisotopic (exact) mass is 526 g/mol. The standard InChI is InChI=1S/C25H31FN8O2S/c1-5-7-8-34-14(3)9-18(31-34)29-24(36)17-10-32(11-17)23-20(26)15(4)19-21(35)16(6-2)12-33(22(19)30-23)25-27-13-28-37-25/h12-14,17H,5-11H2,1-4H3,(H,29,31,36). The predicted molar refractivity (Wildman–Crippen MR) is 142 cm³/mol. The fraction of sp³-hybridized carbons (Fsp3) is 0.520. The molecule has 5 heterocycles. The van der Waals surface area contributed by atoms with Gasteiger partial charge in [-0.05, 0) is 26.7 Å². The smallest absolute Gasteiger partial charge is 0.232 e. The van der Waals surface area contributed by atoms with Crippen molar-refractivity contribution in [3.63, 3.8) is 0 Å². The lowest BCUT2D eigenvalue weighted by Crippen LogP contribution is -2.55. The minimum atomic E-state index is -0.541. The Balaban J connectivity index is 1.38. The second-order valence-corrected chi connectivity index (χ2v) is 10.5. The molecule has 1 atom stereocenters. The fourth-order valence-electron chi connectivity index (χ4n) is 4.82. The lowest BCUT2D eigenvalue weighted by Gasteiger charge is -2.39. The Morgan fingerprint density at radius 1 is 1.30 bits per heavy atom. The van der Waals surface area contributed by atoms with Crippen LogP contribution in [0, 0.1) is 18.7 Å². The van der Waals surface area contributed by atoms with Crippen LogP contribution in [0.15, 0.2) is 22.4 Å². The first-order valence-electron chi connectivity index (χ1n) is 12.7. The van der Waals surface area contributed by atoms with E-state index in [0.717, 1.165) is 19.4 Å². The second-order valence-electron chi connectivity index (χ2n) is 9.71. The molecule has 0 saturated carbocycles. The van der Waals surface area contributed by atoms with E-state index in [9.17, 15) is 9.59 Å². The first kappa shape index (κ1) is 25.2. The van der Waals surface area contributed by atoms with Gasteiger partial charge in [-0.25, -0.2) is 14.4 Å². The number of carbonyl (C=O) groups excluding carboxylic acids is 1. The number of rotatable bonds is 7. The lowest BCUT2D eigenvalue weighted by molar-refractivity contribution is -0.124. The summed E-state index contributed by atoms with van der Waals surface area (Å²) in [7, 11) is 0. The third kappa shape index (κ3) is 4.58. The third-order valence-electron chi connectivity index (χ3n) is 7.11. The molecule has 196 valence electrons. The molecule has 37 heavy (non-hydrogen) atoms. The van der Waals surface area contributed by atoms with Gasteiger partial charge in [0.2, 0.25) is 11.0 Å². The summed E-state index contributed by atoms with van der Waals surface area (Å²) in [6.45, 7) is 9.27. The fourth-order valence-corrected chi connectivity index (χ4v) is 5.33. The van der Waals surface area contributed by atoms with Crippen LogP contribution in [0.4, 0.5) is 10.2 Å². The number of aryl methyl sites for hydroxylation is 2. The van der Waals surface area contributed by atoms with Crippen LogP contribution < -0.4 is 15.6 Å². The Bertz CT molecular complexity index is 1410. The number of hydrazone groups is 1. The Morgan fingerprint density at radius 2 is 2.08 bits per heavy atom. The Kier molecular flexibility index (Phi) is 6.93. The van der Waals surface area contributed by atoms with Crippen LogP contribution in [0.25, 0.3) is 16.2 Å². The molecule has 3 aromatic heterocycles. The minimum Gasteiger partial charge on any atom is -0.352 e. The maximum Gasteiger partial charge on any atom is 0.232 e. The van der Waals surface area contributed by atoms with Crippen molar-refractivity contribution >= 4 is 40.1 Å². The molecule has 0 aliphatic carbocycles. The molecule has 5 rings (SSSR count). The van der Waals surface area contributed by atoms with Crippen molar-refractivity contribution in [1.82, 2.24) is 29.2 Å². The minimum absolute atomic E-state index is 0.115. The summed E-state index contributed by atoms with van der Waals surface area (Å²) in [6.07, 6.45) is 6.49. The molecule has 12 heteroatoms. The van der Waals surface area contributed by atoms with Crippen LogP contribution >= 0.6 is 11.5 Å². The number of unbranched alkanes of at least 4 members (excludes halogenated alkanes) is 1. The predicted octanol–water partition coefficient (Wildman–Crippen LogP) is 3.01. The highest BCUT2D eigenvalue weighted by Gasteiger charge is 2.37. The van der Waals surface area contributed by atoms with E-state index < -0.39 is 5.82 Å². The van der Waals surface area contributed by atoms with Crippen molar-refractivity contribution in [1.29, 1.82) is 0 Å². The molecular formula is C25H31FN8O2S. The first-order valence-corrected chi connectivity index (χ1v) is 13.5. The first-order chi connectivity index (χ1) is 17.8. The zero-order chi connectivity index (χ0) is 26.3. The number of amides is 1. The van der Waals surface area contributed by atoms with Crippen molar-refractivity contribution < 1.29 is 9.18 Å². The summed E-state index contributed by atoms with van der Waals surface area (Å²) in [5, 5.41) is 10.4. The highest BCUT2D eigenvalue weighted by molar-refractivity contribution is 7.08. The number of fused-ring (bicyclic) bond motifs is 1. The summed E-state index contributed by atoms with van der Waals surface area (Å²) in [5.41, 5.74) is 0.905. The second kappa shape index (κ2) is 10.2. The van der Waals surface area contributed by atoms with E-state index >= 15 is 4.39 Å². The van der Waals surface area contributed by atoms with E-state index in [0.29, 0.717) is 48.1 Å². The number of hydrogen-bond donors (Lipinski definition) is 1. The SMILES string of the molecule is CCCCN1N=C(NC(=O)C2CN(c3nc4c(c(C)c3F)c(=O)c(CC)cn4-c3ncns3)C2)CC1C. The van der Waals surface area contributed by atoms with Gasteiger partial charge in [0.1, 0.15) is 12.2 Å². The quantitative estimate of drug-likeness (QED) is 0.504. The number of carbonyl (C=O) groups is 1. The van der Waals surface area contributed by atoms with Gasteiger partial charge < -0.3 is 10.2 Å². The third-order valence-corrected chi connectivity index (χ3v) is 7.78. The van der Waals surface area contributed by atoms with E-state index in [1.54, 1.807) is 22.6 Å². The van der Waals surface area contributed by atoms with Crippen molar-refractivity contribution in [2.75, 3.05) is 24.5 Å². The van der Waals surface area contributed by atoms with Gasteiger partial charge >= 0.3 is 0 Å². The molecule has 1 unspecified atom stereocenters. The molecule has 0 aromatic carbocycles. The van der Waals surface area contributed by atoms with Crippen molar-refractivity contribution in [2.24, 2.45) is 11.0 Å². The van der Waals surface area contributed by atoms with E-state index in [-0.39, 0.29) is 40.1 Å². The van der Waals surface area contributed by atoms with Gasteiger partial charge in [-0.2, -0.15) is 9.47 Å². The van der Waals surface area contributed by atoms with Crippen molar-refractivity contribution in [3.05, 3.63) is 39.7 Å². The van der Waals surface area contributed by atoms with E-state index in [1.165, 1.54) is 17.9 Å². The normalized spacial score (nSPS) is 17.9. The largest absolute Gasteiger partial charge is 0.352 e. The maximum atomic E-state index is 15.5. The van der Waals surface area contributed by atoms with Crippen molar-refractivity contribution in [2.45, 2.75) is 59.4 Å². The number of aromatic nitrogens is 4. The van der Waals surface area contributed by atoms with Gasteiger partial charge in [-0.3, -0.25) is 19.2 Å². The van der Waals surface area contributed by atoms with Crippen LogP contribution in [0.3, 0.4) is 0 Å². The summed E-state index contributed by atoms with van der Waals surface area (Å²) in [5.74, 6) is -0.135. The Hall–Kier alpha value is -3.41. The summed E-state index contributed by atoms with van der Waals surface area (Å²) in [6, 6.07) is 0.262. The number of nitrogens with one attached hydrogen (secondary N) is 1. The molecule has 3 aromatic rings. The van der Waals surface area contributed by atoms with Gasteiger partial charge in [0.05, 0.1) is 17.3 Å². The lowest BCUT2D eigenvalue weighted by atomic mass is 9.98. The molecule has 0 bridgehead atoms. The molecule has 1 saturated heterocycles. The summed E-state index contributed by atoms with van der Waals surface area (Å²) in [4.78, 5) is 36.5. The molecule has 0 radical (unpaired) electrons. The molecule has 2 aliphatic heterocycles. The van der Waals surface area contributed by atoms with Gasteiger partial charge in [0.25, 0.3) is 0 Å². The van der Waals surface area contributed by atoms with E-state index in [4.69, 9.17) is 0 Å². The molecule has 1 N–H and O–H groups in total. The van der Waals surface area contributed by atoms with Gasteiger partial charge in [0, 0.05) is 54.9 Å². The number of nitrogens with zero attached hydrogens (tertiary/aromatic N) is 7. The number of hydrogen-bond acceptors (Lipinski definition) is 9. The average Bonchev–Trinajstić information content (AvgIpc) is 3.49. The topological polar surface area (TPSA) is 109 Å². The van der Waals surface area contributed by atoms with Crippen LogP contribution in [0.5, 0.6) is 0 Å². The molecule has 1 fully saturated rings. The molecule has 10 nitrogen and oxygen atoms in total. The zero-order valence-corrected chi connectivity index (χ0v) is 22.3. The van der Waals surface area contributed by atoms with E-state index in [1.807, 2.05) is 11.9 Å². The average molecular weight is 527 g/mol. The maximum absolute atomic E-state index is 15.5. The van der Waals surface area contributed by atoms with Crippen LogP contribution in [-0.2, 0) is 11.2 Å². The van der Waals surface area contributed by atoms with Crippen molar-refractivity contribution in [3.8, 4) is 5.13 Å². The molecule has 1 amide bonds. The Labute approximate surface area is 218 Å². The molecular weight excluding hydrogens is 495 g/mol. The molecule has 0 spiro atoms. The zero-order valence-electron chi connectivity index (χ0n) is 21.5. The van der Waals surface area contributed by atoms with Gasteiger partial charge in [0.15, 0.2) is 22.7 Å². The molecule has 2 aliphatic rings. The highest BCUT2D eigenvalue weighted by atomic mass is 32.1.